The maximum atomic E-state index is 12.2. The molecular weight excluding hydrogens is 183 g/mol. The molecule has 1 fully saturated rings. The standard InChI is InChI=1S/C8H10ClFO2/c1-8(2)5(3-6(9)10)7(8)12-4-11/h3-5,7H,1-2H3. The summed E-state index contributed by atoms with van der Waals surface area (Å²) in [5, 5.41) is -0.745. The lowest BCUT2D eigenvalue weighted by molar-refractivity contribution is -0.130. The largest absolute Gasteiger partial charge is 0.463 e. The summed E-state index contributed by atoms with van der Waals surface area (Å²) in [6.45, 7) is 4.16. The lowest BCUT2D eigenvalue weighted by Gasteiger charge is -1.97. The fraction of sp³-hybridized carbons (Fsp3) is 0.625. The Hall–Kier alpha value is -0.570. The van der Waals surface area contributed by atoms with Gasteiger partial charge >= 0.3 is 0 Å². The van der Waals surface area contributed by atoms with E-state index < -0.39 is 5.29 Å². The molecule has 68 valence electrons. The van der Waals surface area contributed by atoms with Crippen molar-refractivity contribution in [2.24, 2.45) is 11.3 Å². The van der Waals surface area contributed by atoms with Crippen molar-refractivity contribution in [3.05, 3.63) is 11.4 Å². The number of hydrogen-bond donors (Lipinski definition) is 0. The van der Waals surface area contributed by atoms with E-state index in [4.69, 9.17) is 16.3 Å². The van der Waals surface area contributed by atoms with Crippen LogP contribution in [0.15, 0.2) is 11.4 Å². The summed E-state index contributed by atoms with van der Waals surface area (Å²) in [7, 11) is 0. The summed E-state index contributed by atoms with van der Waals surface area (Å²) < 4.78 is 17.0. The molecule has 0 bridgehead atoms. The van der Waals surface area contributed by atoms with E-state index in [-0.39, 0.29) is 17.4 Å². The molecule has 12 heavy (non-hydrogen) atoms. The van der Waals surface area contributed by atoms with Gasteiger partial charge in [-0.15, -0.1) is 0 Å². The molecule has 2 nitrogen and oxygen atoms in total. The van der Waals surface area contributed by atoms with Gasteiger partial charge in [-0.1, -0.05) is 25.4 Å². The molecule has 0 amide bonds. The van der Waals surface area contributed by atoms with E-state index in [1.165, 1.54) is 6.08 Å². The Morgan fingerprint density at radius 1 is 1.67 bits per heavy atom. The summed E-state index contributed by atoms with van der Waals surface area (Å²) in [5.41, 5.74) is -0.187. The first-order chi connectivity index (χ1) is 5.50. The fourth-order valence-electron chi connectivity index (χ4n) is 1.39. The second kappa shape index (κ2) is 3.05. The summed E-state index contributed by atoms with van der Waals surface area (Å²) in [6.07, 6.45) is 1.04. The third-order valence-corrected chi connectivity index (χ3v) is 2.44. The van der Waals surface area contributed by atoms with Crippen LogP contribution in [0.2, 0.25) is 0 Å². The topological polar surface area (TPSA) is 26.3 Å². The third-order valence-electron chi connectivity index (χ3n) is 2.32. The molecule has 0 aromatic rings. The third kappa shape index (κ3) is 1.61. The number of rotatable bonds is 3. The molecule has 1 saturated carbocycles. The lowest BCUT2D eigenvalue weighted by Crippen LogP contribution is -1.98. The molecule has 1 aliphatic carbocycles. The quantitative estimate of drug-likeness (QED) is 0.641. The van der Waals surface area contributed by atoms with Crippen LogP contribution in [0, 0.1) is 11.3 Å². The monoisotopic (exact) mass is 192 g/mol. The van der Waals surface area contributed by atoms with Crippen LogP contribution in [0.5, 0.6) is 0 Å². The number of carbonyl (C=O) groups excluding carboxylic acids is 1. The van der Waals surface area contributed by atoms with Gasteiger partial charge in [0, 0.05) is 11.3 Å². The molecule has 0 spiro atoms. The minimum absolute atomic E-state index is 0.0970. The van der Waals surface area contributed by atoms with Crippen LogP contribution in [-0.4, -0.2) is 12.6 Å². The van der Waals surface area contributed by atoms with Crippen LogP contribution in [0.3, 0.4) is 0 Å². The van der Waals surface area contributed by atoms with Gasteiger partial charge in [0.25, 0.3) is 6.47 Å². The minimum atomic E-state index is -0.745. The SMILES string of the molecule is CC1(C)C(C=C(F)Cl)C1OC=O. The molecule has 0 saturated heterocycles. The Morgan fingerprint density at radius 3 is 2.67 bits per heavy atom. The molecule has 0 aliphatic heterocycles. The van der Waals surface area contributed by atoms with E-state index in [1.54, 1.807) is 0 Å². The molecule has 0 aromatic heterocycles. The highest BCUT2D eigenvalue weighted by Gasteiger charge is 2.59. The first-order valence-electron chi connectivity index (χ1n) is 3.62. The molecule has 0 aromatic carbocycles. The van der Waals surface area contributed by atoms with E-state index in [2.05, 4.69) is 0 Å². The van der Waals surface area contributed by atoms with Crippen LogP contribution >= 0.6 is 11.6 Å². The van der Waals surface area contributed by atoms with Gasteiger partial charge < -0.3 is 4.74 Å². The lowest BCUT2D eigenvalue weighted by atomic mass is 10.1. The number of ether oxygens (including phenoxy) is 1. The Balaban J connectivity index is 2.60. The molecule has 1 aliphatic rings. The Morgan fingerprint density at radius 2 is 2.25 bits per heavy atom. The zero-order valence-electron chi connectivity index (χ0n) is 6.88. The van der Waals surface area contributed by atoms with Gasteiger partial charge in [-0.2, -0.15) is 4.39 Å². The molecule has 0 radical (unpaired) electrons. The molecule has 2 atom stereocenters. The zero-order valence-corrected chi connectivity index (χ0v) is 7.64. The summed E-state index contributed by atoms with van der Waals surface area (Å²) in [4.78, 5) is 10.0. The van der Waals surface area contributed by atoms with Gasteiger partial charge in [-0.25, -0.2) is 0 Å². The van der Waals surface area contributed by atoms with Gasteiger partial charge in [0.2, 0.25) is 0 Å². The van der Waals surface area contributed by atoms with E-state index in [0.29, 0.717) is 6.47 Å². The van der Waals surface area contributed by atoms with Crippen molar-refractivity contribution in [3.8, 4) is 0 Å². The van der Waals surface area contributed by atoms with Gasteiger partial charge in [-0.05, 0) is 6.08 Å². The maximum absolute atomic E-state index is 12.2. The number of halogens is 2. The van der Waals surface area contributed by atoms with E-state index in [9.17, 15) is 9.18 Å². The molecule has 0 N–H and O–H groups in total. The van der Waals surface area contributed by atoms with Crippen molar-refractivity contribution in [2.75, 3.05) is 0 Å². The van der Waals surface area contributed by atoms with Gasteiger partial charge in [0.1, 0.15) is 6.10 Å². The number of carbonyl (C=O) groups is 1. The molecule has 4 heteroatoms. The second-order valence-corrected chi connectivity index (χ2v) is 3.82. The van der Waals surface area contributed by atoms with Gasteiger partial charge in [0.15, 0.2) is 5.29 Å². The van der Waals surface area contributed by atoms with Crippen LogP contribution < -0.4 is 0 Å². The molecule has 0 heterocycles. The Bertz CT molecular complexity index is 221. The smallest absolute Gasteiger partial charge is 0.293 e. The van der Waals surface area contributed by atoms with Crippen LogP contribution in [-0.2, 0) is 9.53 Å². The van der Waals surface area contributed by atoms with Crippen molar-refractivity contribution in [1.29, 1.82) is 0 Å². The highest BCUT2D eigenvalue weighted by Crippen LogP contribution is 2.55. The number of hydrogen-bond acceptors (Lipinski definition) is 2. The predicted molar refractivity (Wildman–Crippen MR) is 43.3 cm³/mol. The van der Waals surface area contributed by atoms with Crippen molar-refractivity contribution in [2.45, 2.75) is 20.0 Å². The Labute approximate surface area is 75.3 Å². The zero-order chi connectivity index (χ0) is 9.35. The summed E-state index contributed by atoms with van der Waals surface area (Å²) in [5.74, 6) is -0.0970. The predicted octanol–water partition coefficient (Wildman–Crippen LogP) is 2.23. The molecular formula is C8H10ClFO2. The fourth-order valence-corrected chi connectivity index (χ4v) is 1.52. The van der Waals surface area contributed by atoms with E-state index in [0.717, 1.165) is 0 Å². The van der Waals surface area contributed by atoms with Crippen LogP contribution in [0.25, 0.3) is 0 Å². The van der Waals surface area contributed by atoms with Crippen molar-refractivity contribution < 1.29 is 13.9 Å². The van der Waals surface area contributed by atoms with Crippen LogP contribution in [0.1, 0.15) is 13.8 Å². The summed E-state index contributed by atoms with van der Waals surface area (Å²) in [6, 6.07) is 0. The van der Waals surface area contributed by atoms with Gasteiger partial charge in [0.05, 0.1) is 0 Å². The summed E-state index contributed by atoms with van der Waals surface area (Å²) >= 11 is 5.06. The average molecular weight is 193 g/mol. The average Bonchev–Trinajstić information content (AvgIpc) is 2.39. The highest BCUT2D eigenvalue weighted by molar-refractivity contribution is 6.28. The highest BCUT2D eigenvalue weighted by atomic mass is 35.5. The minimum Gasteiger partial charge on any atom is -0.463 e. The second-order valence-electron chi connectivity index (χ2n) is 3.46. The molecule has 2 unspecified atom stereocenters. The first-order valence-corrected chi connectivity index (χ1v) is 4.00. The van der Waals surface area contributed by atoms with Crippen molar-refractivity contribution >= 4 is 18.1 Å². The van der Waals surface area contributed by atoms with Crippen molar-refractivity contribution in [1.82, 2.24) is 0 Å². The van der Waals surface area contributed by atoms with E-state index >= 15 is 0 Å². The maximum Gasteiger partial charge on any atom is 0.293 e. The molecule has 1 rings (SSSR count). The Kier molecular flexibility index (Phi) is 2.42. The normalized spacial score (nSPS) is 32.8. The van der Waals surface area contributed by atoms with E-state index in [1.807, 2.05) is 13.8 Å². The van der Waals surface area contributed by atoms with Crippen molar-refractivity contribution in [3.63, 3.8) is 0 Å². The first kappa shape index (κ1) is 9.52. The van der Waals surface area contributed by atoms with Gasteiger partial charge in [-0.3, -0.25) is 4.79 Å². The van der Waals surface area contributed by atoms with Crippen LogP contribution in [0.4, 0.5) is 4.39 Å².